The first-order valence-electron chi connectivity index (χ1n) is 6.63. The van der Waals surface area contributed by atoms with Crippen molar-refractivity contribution in [2.75, 3.05) is 26.1 Å². The van der Waals surface area contributed by atoms with Crippen molar-refractivity contribution >= 4 is 21.6 Å². The van der Waals surface area contributed by atoms with Crippen LogP contribution in [-0.4, -0.2) is 20.8 Å². The molecular weight excluding hydrogens is 332 g/mol. The molecule has 1 atom stereocenters. The molecule has 1 unspecified atom stereocenters. The Morgan fingerprint density at radius 1 is 1.10 bits per heavy atom. The number of hydrogen-bond donors (Lipinski definition) is 2. The van der Waals surface area contributed by atoms with E-state index in [1.54, 1.807) is 14.2 Å². The van der Waals surface area contributed by atoms with Crippen LogP contribution in [0.1, 0.15) is 11.6 Å². The number of hydrogen-bond acceptors (Lipinski definition) is 4. The van der Waals surface area contributed by atoms with Crippen LogP contribution in [0.2, 0.25) is 0 Å². The van der Waals surface area contributed by atoms with Gasteiger partial charge in [0.1, 0.15) is 0 Å². The minimum Gasteiger partial charge on any atom is -0.493 e. The molecule has 112 valence electrons. The Morgan fingerprint density at radius 2 is 1.86 bits per heavy atom. The molecule has 2 rings (SSSR count). The zero-order valence-electron chi connectivity index (χ0n) is 12.1. The number of nitrogens with one attached hydrogen (secondary N) is 1. The molecule has 21 heavy (non-hydrogen) atoms. The summed E-state index contributed by atoms with van der Waals surface area (Å²) in [5.74, 6) is 1.40. The number of halogens is 1. The first-order chi connectivity index (χ1) is 10.2. The summed E-state index contributed by atoms with van der Waals surface area (Å²) < 4.78 is 11.8. The Kier molecular flexibility index (Phi) is 5.47. The SMILES string of the molecule is COc1cccc(C(CN)Nc2ccccc2Br)c1OC. The summed E-state index contributed by atoms with van der Waals surface area (Å²) in [6.45, 7) is 0.435. The van der Waals surface area contributed by atoms with Gasteiger partial charge in [0.05, 0.1) is 20.3 Å². The fourth-order valence-corrected chi connectivity index (χ4v) is 2.62. The highest BCUT2D eigenvalue weighted by Gasteiger charge is 2.18. The highest BCUT2D eigenvalue weighted by atomic mass is 79.9. The van der Waals surface area contributed by atoms with E-state index in [1.165, 1.54) is 0 Å². The van der Waals surface area contributed by atoms with Crippen LogP contribution in [0.5, 0.6) is 11.5 Å². The molecule has 0 aromatic heterocycles. The van der Waals surface area contributed by atoms with Gasteiger partial charge in [-0.05, 0) is 34.1 Å². The third-order valence-corrected chi connectivity index (χ3v) is 3.94. The minimum absolute atomic E-state index is 0.0752. The summed E-state index contributed by atoms with van der Waals surface area (Å²) in [5.41, 5.74) is 7.90. The van der Waals surface area contributed by atoms with Crippen molar-refractivity contribution in [2.24, 2.45) is 5.73 Å². The lowest BCUT2D eigenvalue weighted by Gasteiger charge is -2.22. The Labute approximate surface area is 133 Å². The van der Waals surface area contributed by atoms with Crippen LogP contribution in [0.15, 0.2) is 46.9 Å². The third-order valence-electron chi connectivity index (χ3n) is 3.25. The first kappa shape index (κ1) is 15.7. The zero-order chi connectivity index (χ0) is 15.2. The fraction of sp³-hybridized carbons (Fsp3) is 0.250. The Hall–Kier alpha value is -1.72. The van der Waals surface area contributed by atoms with Gasteiger partial charge < -0.3 is 20.5 Å². The van der Waals surface area contributed by atoms with E-state index in [2.05, 4.69) is 21.2 Å². The van der Waals surface area contributed by atoms with E-state index in [4.69, 9.17) is 15.2 Å². The van der Waals surface area contributed by atoms with E-state index >= 15 is 0 Å². The van der Waals surface area contributed by atoms with Gasteiger partial charge in [0, 0.05) is 22.3 Å². The molecule has 2 aromatic carbocycles. The van der Waals surface area contributed by atoms with Crippen molar-refractivity contribution in [3.63, 3.8) is 0 Å². The van der Waals surface area contributed by atoms with Gasteiger partial charge in [0.2, 0.25) is 0 Å². The van der Waals surface area contributed by atoms with Crippen LogP contribution in [0.3, 0.4) is 0 Å². The second-order valence-electron chi connectivity index (χ2n) is 4.50. The number of ether oxygens (including phenoxy) is 2. The van der Waals surface area contributed by atoms with Crippen molar-refractivity contribution in [3.8, 4) is 11.5 Å². The van der Waals surface area contributed by atoms with Crippen molar-refractivity contribution in [1.29, 1.82) is 0 Å². The molecule has 0 bridgehead atoms. The second kappa shape index (κ2) is 7.33. The fourth-order valence-electron chi connectivity index (χ4n) is 2.22. The maximum absolute atomic E-state index is 5.94. The van der Waals surface area contributed by atoms with Gasteiger partial charge in [-0.2, -0.15) is 0 Å². The number of para-hydroxylation sites is 2. The average Bonchev–Trinajstić information content (AvgIpc) is 2.53. The number of benzene rings is 2. The smallest absolute Gasteiger partial charge is 0.166 e. The molecule has 4 nitrogen and oxygen atoms in total. The summed E-state index contributed by atoms with van der Waals surface area (Å²) >= 11 is 3.53. The number of methoxy groups -OCH3 is 2. The third kappa shape index (κ3) is 3.49. The molecule has 0 spiro atoms. The van der Waals surface area contributed by atoms with Crippen LogP contribution < -0.4 is 20.5 Å². The predicted molar refractivity (Wildman–Crippen MR) is 89.1 cm³/mol. The molecule has 0 heterocycles. The zero-order valence-corrected chi connectivity index (χ0v) is 13.7. The lowest BCUT2D eigenvalue weighted by molar-refractivity contribution is 0.350. The van der Waals surface area contributed by atoms with Crippen LogP contribution in [0.25, 0.3) is 0 Å². The van der Waals surface area contributed by atoms with Gasteiger partial charge in [0.15, 0.2) is 11.5 Å². The molecule has 0 saturated carbocycles. The van der Waals surface area contributed by atoms with E-state index in [9.17, 15) is 0 Å². The van der Waals surface area contributed by atoms with Crippen molar-refractivity contribution < 1.29 is 9.47 Å². The van der Waals surface area contributed by atoms with Crippen molar-refractivity contribution in [1.82, 2.24) is 0 Å². The topological polar surface area (TPSA) is 56.5 Å². The van der Waals surface area contributed by atoms with Crippen LogP contribution >= 0.6 is 15.9 Å². The van der Waals surface area contributed by atoms with E-state index < -0.39 is 0 Å². The van der Waals surface area contributed by atoms with Gasteiger partial charge in [0.25, 0.3) is 0 Å². The van der Waals surface area contributed by atoms with Crippen LogP contribution in [0, 0.1) is 0 Å². The molecule has 0 saturated heterocycles. The lowest BCUT2D eigenvalue weighted by Crippen LogP contribution is -2.21. The summed E-state index contributed by atoms with van der Waals surface area (Å²) in [6, 6.07) is 13.6. The molecule has 0 aliphatic carbocycles. The first-order valence-corrected chi connectivity index (χ1v) is 7.42. The molecule has 0 aliphatic heterocycles. The normalized spacial score (nSPS) is 11.8. The number of rotatable bonds is 6. The molecule has 0 aliphatic rings. The molecule has 5 heteroatoms. The summed E-state index contributed by atoms with van der Waals surface area (Å²) in [7, 11) is 3.26. The summed E-state index contributed by atoms with van der Waals surface area (Å²) in [6.07, 6.45) is 0. The highest BCUT2D eigenvalue weighted by Crippen LogP contribution is 2.36. The number of anilines is 1. The number of nitrogens with two attached hydrogens (primary N) is 1. The Balaban J connectivity index is 2.36. The Bertz CT molecular complexity index is 605. The molecule has 3 N–H and O–H groups in total. The average molecular weight is 351 g/mol. The quantitative estimate of drug-likeness (QED) is 0.835. The molecule has 0 radical (unpaired) electrons. The van der Waals surface area contributed by atoms with Gasteiger partial charge in [-0.25, -0.2) is 0 Å². The van der Waals surface area contributed by atoms with E-state index in [1.807, 2.05) is 42.5 Å². The summed E-state index contributed by atoms with van der Waals surface area (Å²) in [5, 5.41) is 3.43. The molecular formula is C16H19BrN2O2. The van der Waals surface area contributed by atoms with E-state index in [-0.39, 0.29) is 6.04 Å². The molecule has 0 amide bonds. The van der Waals surface area contributed by atoms with E-state index in [0.717, 1.165) is 15.7 Å². The van der Waals surface area contributed by atoms with Crippen LogP contribution in [0.4, 0.5) is 5.69 Å². The minimum atomic E-state index is -0.0752. The maximum Gasteiger partial charge on any atom is 0.166 e. The highest BCUT2D eigenvalue weighted by molar-refractivity contribution is 9.10. The standard InChI is InChI=1S/C16H19BrN2O2/c1-20-15-9-5-6-11(16(15)21-2)14(10-18)19-13-8-4-3-7-12(13)17/h3-9,14,19H,10,18H2,1-2H3. The van der Waals surface area contributed by atoms with Gasteiger partial charge in [-0.3, -0.25) is 0 Å². The predicted octanol–water partition coefficient (Wildman–Crippen LogP) is 3.58. The van der Waals surface area contributed by atoms with Crippen molar-refractivity contribution in [2.45, 2.75) is 6.04 Å². The van der Waals surface area contributed by atoms with Crippen LogP contribution in [-0.2, 0) is 0 Å². The largest absolute Gasteiger partial charge is 0.493 e. The second-order valence-corrected chi connectivity index (χ2v) is 5.35. The monoisotopic (exact) mass is 350 g/mol. The maximum atomic E-state index is 5.94. The summed E-state index contributed by atoms with van der Waals surface area (Å²) in [4.78, 5) is 0. The van der Waals surface area contributed by atoms with Gasteiger partial charge in [-0.1, -0.05) is 24.3 Å². The van der Waals surface area contributed by atoms with Crippen molar-refractivity contribution in [3.05, 3.63) is 52.5 Å². The molecule has 0 fully saturated rings. The molecule has 2 aromatic rings. The lowest BCUT2D eigenvalue weighted by atomic mass is 10.0. The Morgan fingerprint density at radius 3 is 2.48 bits per heavy atom. The van der Waals surface area contributed by atoms with Gasteiger partial charge in [-0.15, -0.1) is 0 Å². The van der Waals surface area contributed by atoms with Gasteiger partial charge >= 0.3 is 0 Å². The van der Waals surface area contributed by atoms with E-state index in [0.29, 0.717) is 18.0 Å².